The van der Waals surface area contributed by atoms with Crippen LogP contribution in [0.15, 0.2) is 58.4 Å². The third-order valence-corrected chi connectivity index (χ3v) is 5.61. The average molecular weight is 417 g/mol. The molecule has 0 bridgehead atoms. The molecule has 1 aliphatic heterocycles. The van der Waals surface area contributed by atoms with E-state index in [2.05, 4.69) is 25.9 Å². The molecule has 3 aromatic carbocycles. The number of fused-ring (bicyclic) bond motifs is 1. The first kappa shape index (κ1) is 19.3. The number of nitrogens with one attached hydrogen (secondary N) is 4. The average Bonchev–Trinajstić information content (AvgIpc) is 3.28. The third kappa shape index (κ3) is 3.89. The molecule has 8 heteroatoms. The van der Waals surface area contributed by atoms with E-state index >= 15 is 0 Å². The Bertz CT molecular complexity index is 1280. The monoisotopic (exact) mass is 417 g/mol. The molecule has 0 aliphatic carbocycles. The van der Waals surface area contributed by atoms with Crippen LogP contribution in [-0.2, 0) is 6.54 Å². The van der Waals surface area contributed by atoms with Crippen LogP contribution < -0.4 is 31.5 Å². The number of rotatable bonds is 7. The minimum absolute atomic E-state index is 0.183. The molecule has 0 radical (unpaired) electrons. The molecule has 0 amide bonds. The Kier molecular flexibility index (Phi) is 5.13. The molecule has 1 fully saturated rings. The van der Waals surface area contributed by atoms with Crippen molar-refractivity contribution in [1.29, 1.82) is 0 Å². The van der Waals surface area contributed by atoms with Gasteiger partial charge in [-0.2, -0.15) is 0 Å². The van der Waals surface area contributed by atoms with Crippen molar-refractivity contribution in [1.82, 2.24) is 15.3 Å². The van der Waals surface area contributed by atoms with Crippen LogP contribution >= 0.6 is 0 Å². The van der Waals surface area contributed by atoms with Gasteiger partial charge in [0.1, 0.15) is 23.2 Å². The van der Waals surface area contributed by atoms with Crippen LogP contribution in [0.25, 0.3) is 11.0 Å². The molecule has 4 N–H and O–H groups in total. The van der Waals surface area contributed by atoms with Crippen molar-refractivity contribution in [3.63, 3.8) is 0 Å². The van der Waals surface area contributed by atoms with Crippen LogP contribution in [0.2, 0.25) is 0 Å². The molecule has 5 rings (SSSR count). The lowest BCUT2D eigenvalue weighted by Gasteiger charge is -2.25. The van der Waals surface area contributed by atoms with Crippen molar-refractivity contribution < 1.29 is 4.74 Å². The first-order valence-electron chi connectivity index (χ1n) is 10.4. The summed E-state index contributed by atoms with van der Waals surface area (Å²) in [5.74, 6) is 0.805. The zero-order valence-electron chi connectivity index (χ0n) is 16.9. The van der Waals surface area contributed by atoms with Crippen LogP contribution in [0.4, 0.5) is 17.1 Å². The second-order valence-corrected chi connectivity index (χ2v) is 7.70. The van der Waals surface area contributed by atoms with Gasteiger partial charge in [0, 0.05) is 17.8 Å². The molecule has 4 aromatic rings. The quantitative estimate of drug-likeness (QED) is 0.342. The number of aromatic amines is 1. The van der Waals surface area contributed by atoms with Crippen LogP contribution in [0.1, 0.15) is 18.4 Å². The van der Waals surface area contributed by atoms with Crippen molar-refractivity contribution in [3.8, 4) is 5.75 Å². The highest BCUT2D eigenvalue weighted by molar-refractivity contribution is 5.84. The van der Waals surface area contributed by atoms with E-state index in [1.165, 1.54) is 0 Å². The number of ether oxygens (including phenoxy) is 1. The molecule has 8 nitrogen and oxygen atoms in total. The fourth-order valence-corrected chi connectivity index (χ4v) is 3.87. The standard InChI is InChI=1S/C23H23N5O3/c29-22-20(21(23(22)30)28-15-5-6-17-18(11-15)27-13-26-17)25-12-14-3-1-2-4-19(14)31-16-7-9-24-10-8-16/h1-6,11,13,16,24-25,28H,7-10,12H2,(H,26,27). The van der Waals surface area contributed by atoms with Gasteiger partial charge < -0.3 is 25.7 Å². The summed E-state index contributed by atoms with van der Waals surface area (Å²) in [5.41, 5.74) is 2.85. The summed E-state index contributed by atoms with van der Waals surface area (Å²) in [6.07, 6.45) is 3.73. The van der Waals surface area contributed by atoms with Gasteiger partial charge in [0.05, 0.1) is 17.4 Å². The van der Waals surface area contributed by atoms with Gasteiger partial charge in [-0.15, -0.1) is 0 Å². The van der Waals surface area contributed by atoms with E-state index in [1.807, 2.05) is 42.5 Å². The molecule has 1 aromatic heterocycles. The van der Waals surface area contributed by atoms with Crippen molar-refractivity contribution in [2.75, 3.05) is 23.7 Å². The molecule has 0 unspecified atom stereocenters. The highest BCUT2D eigenvalue weighted by atomic mass is 16.5. The molecule has 158 valence electrons. The van der Waals surface area contributed by atoms with Crippen molar-refractivity contribution >= 4 is 28.1 Å². The first-order valence-corrected chi connectivity index (χ1v) is 10.4. The molecule has 31 heavy (non-hydrogen) atoms. The fraction of sp³-hybridized carbons (Fsp3) is 0.261. The Labute approximate surface area is 178 Å². The topological polar surface area (TPSA) is 108 Å². The number of aromatic nitrogens is 2. The lowest BCUT2D eigenvalue weighted by Crippen LogP contribution is -2.36. The molecule has 1 saturated heterocycles. The van der Waals surface area contributed by atoms with Gasteiger partial charge in [-0.1, -0.05) is 18.2 Å². The second-order valence-electron chi connectivity index (χ2n) is 7.70. The van der Waals surface area contributed by atoms with Crippen molar-refractivity contribution in [2.24, 2.45) is 0 Å². The Morgan fingerprint density at radius 3 is 2.71 bits per heavy atom. The number of nitrogens with zero attached hydrogens (tertiary/aromatic N) is 1. The van der Waals surface area contributed by atoms with E-state index in [0.29, 0.717) is 17.9 Å². The van der Waals surface area contributed by atoms with Crippen LogP contribution in [0, 0.1) is 0 Å². The SMILES string of the molecule is O=c1c(NCc2ccccc2OC2CCNCC2)c(Nc2ccc3[nH]cnc3c2)c1=O. The maximum Gasteiger partial charge on any atom is 0.253 e. The lowest BCUT2D eigenvalue weighted by atomic mass is 10.1. The van der Waals surface area contributed by atoms with Gasteiger partial charge in [0.2, 0.25) is 0 Å². The number of hydrogen-bond acceptors (Lipinski definition) is 7. The van der Waals surface area contributed by atoms with Gasteiger partial charge in [-0.25, -0.2) is 4.98 Å². The van der Waals surface area contributed by atoms with Crippen molar-refractivity contribution in [3.05, 3.63) is 74.8 Å². The van der Waals surface area contributed by atoms with E-state index in [9.17, 15) is 9.59 Å². The maximum atomic E-state index is 12.2. The maximum absolute atomic E-state index is 12.2. The smallest absolute Gasteiger partial charge is 0.253 e. The Hall–Kier alpha value is -3.65. The summed E-state index contributed by atoms with van der Waals surface area (Å²) in [7, 11) is 0. The van der Waals surface area contributed by atoms with Gasteiger partial charge in [0.25, 0.3) is 10.9 Å². The molecule has 2 heterocycles. The number of benzene rings is 2. The molecular weight excluding hydrogens is 394 g/mol. The normalized spacial score (nSPS) is 14.7. The summed E-state index contributed by atoms with van der Waals surface area (Å²) in [4.78, 5) is 31.6. The summed E-state index contributed by atoms with van der Waals surface area (Å²) in [6.45, 7) is 2.29. The summed E-state index contributed by atoms with van der Waals surface area (Å²) >= 11 is 0. The molecule has 0 atom stereocenters. The number of hydrogen-bond donors (Lipinski definition) is 4. The summed E-state index contributed by atoms with van der Waals surface area (Å²) < 4.78 is 6.20. The van der Waals surface area contributed by atoms with Crippen LogP contribution in [0.3, 0.4) is 0 Å². The molecule has 1 aliphatic rings. The van der Waals surface area contributed by atoms with E-state index in [0.717, 1.165) is 48.3 Å². The summed E-state index contributed by atoms with van der Waals surface area (Å²) in [5, 5.41) is 9.52. The molecule has 0 spiro atoms. The Balaban J connectivity index is 1.31. The molecule has 0 saturated carbocycles. The van der Waals surface area contributed by atoms with Gasteiger partial charge in [-0.05, 0) is 50.2 Å². The lowest BCUT2D eigenvalue weighted by molar-refractivity contribution is 0.161. The highest BCUT2D eigenvalue weighted by Gasteiger charge is 2.22. The predicted molar refractivity (Wildman–Crippen MR) is 121 cm³/mol. The third-order valence-electron chi connectivity index (χ3n) is 5.61. The minimum atomic E-state index is -0.524. The van der Waals surface area contributed by atoms with Gasteiger partial charge >= 0.3 is 0 Å². The van der Waals surface area contributed by atoms with Gasteiger partial charge in [0.15, 0.2) is 0 Å². The van der Waals surface area contributed by atoms with E-state index < -0.39 is 10.9 Å². The van der Waals surface area contributed by atoms with Crippen LogP contribution in [0.5, 0.6) is 5.75 Å². The zero-order chi connectivity index (χ0) is 21.2. The van der Waals surface area contributed by atoms with E-state index in [4.69, 9.17) is 4.74 Å². The fourth-order valence-electron chi connectivity index (χ4n) is 3.87. The first-order chi connectivity index (χ1) is 15.2. The second kappa shape index (κ2) is 8.23. The van der Waals surface area contributed by atoms with Crippen LogP contribution in [-0.4, -0.2) is 29.2 Å². The molecular formula is C23H23N5O3. The van der Waals surface area contributed by atoms with Crippen molar-refractivity contribution in [2.45, 2.75) is 25.5 Å². The predicted octanol–water partition coefficient (Wildman–Crippen LogP) is 2.65. The zero-order valence-corrected chi connectivity index (χ0v) is 16.9. The highest BCUT2D eigenvalue weighted by Crippen LogP contribution is 2.26. The minimum Gasteiger partial charge on any atom is -0.490 e. The number of piperidine rings is 1. The Morgan fingerprint density at radius 1 is 1.03 bits per heavy atom. The number of anilines is 3. The van der Waals surface area contributed by atoms with Gasteiger partial charge in [-0.3, -0.25) is 9.59 Å². The Morgan fingerprint density at radius 2 is 1.84 bits per heavy atom. The number of imidazole rings is 1. The van der Waals surface area contributed by atoms with E-state index in [1.54, 1.807) is 6.33 Å². The summed E-state index contributed by atoms with van der Waals surface area (Å²) in [6, 6.07) is 13.3. The largest absolute Gasteiger partial charge is 0.490 e. The number of H-pyrrole nitrogens is 1. The number of para-hydroxylation sites is 1. The van der Waals surface area contributed by atoms with E-state index in [-0.39, 0.29) is 11.8 Å².